The number of halogens is 1. The maximum atomic E-state index is 13.1. The minimum Gasteiger partial charge on any atom is -0.294 e. The van der Waals surface area contributed by atoms with E-state index in [1.54, 1.807) is 13.8 Å². The normalized spacial score (nSPS) is 24.1. The van der Waals surface area contributed by atoms with E-state index in [0.29, 0.717) is 5.57 Å². The van der Waals surface area contributed by atoms with Gasteiger partial charge in [-0.05, 0) is 13.8 Å². The summed E-state index contributed by atoms with van der Waals surface area (Å²) in [5.74, 6) is -0.348. The highest BCUT2D eigenvalue weighted by Crippen LogP contribution is 2.35. The summed E-state index contributed by atoms with van der Waals surface area (Å²) in [7, 11) is 0. The Morgan fingerprint density at radius 3 is 2.29 bits per heavy atom. The van der Waals surface area contributed by atoms with E-state index in [2.05, 4.69) is 0 Å². The molecule has 0 saturated carbocycles. The van der Waals surface area contributed by atoms with Gasteiger partial charge >= 0.3 is 0 Å². The molecule has 1 rings (SSSR count). The topological polar surface area (TPSA) is 34.1 Å². The van der Waals surface area contributed by atoms with Gasteiger partial charge < -0.3 is 0 Å². The molecule has 0 fully saturated rings. The summed E-state index contributed by atoms with van der Waals surface area (Å²) >= 11 is 0. The van der Waals surface area contributed by atoms with Crippen LogP contribution in [0.15, 0.2) is 11.1 Å². The van der Waals surface area contributed by atoms with Crippen molar-refractivity contribution in [3.63, 3.8) is 0 Å². The molecule has 0 heterocycles. The fourth-order valence-corrected chi connectivity index (χ4v) is 1.94. The number of allylic oxidation sites excluding steroid dienone is 2. The summed E-state index contributed by atoms with van der Waals surface area (Å²) in [6.45, 7) is 6.27. The Hall–Kier alpha value is -0.990. The summed E-state index contributed by atoms with van der Waals surface area (Å²) in [5.41, 5.74) is -0.310. The molecule has 1 aliphatic carbocycles. The molecule has 0 saturated heterocycles. The zero-order valence-corrected chi connectivity index (χ0v) is 8.98. The van der Waals surface area contributed by atoms with Gasteiger partial charge in [0.05, 0.1) is 0 Å². The molecular weight excluding hydrogens is 183 g/mol. The maximum Gasteiger partial charge on any atom is 0.165 e. The fraction of sp³-hybridized carbons (Fsp3) is 0.636. The number of hydrogen-bond donors (Lipinski definition) is 0. The number of rotatable bonds is 1. The summed E-state index contributed by atoms with van der Waals surface area (Å²) < 4.78 is 13.1. The van der Waals surface area contributed by atoms with Crippen molar-refractivity contribution in [2.75, 3.05) is 0 Å². The third kappa shape index (κ3) is 1.63. The Balaban J connectivity index is 3.24. The highest BCUT2D eigenvalue weighted by molar-refractivity contribution is 6.14. The summed E-state index contributed by atoms with van der Waals surface area (Å²) in [4.78, 5) is 23.3. The van der Waals surface area contributed by atoms with Gasteiger partial charge in [-0.3, -0.25) is 9.59 Å². The number of carbonyl (C=O) groups excluding carboxylic acids is 2. The fourth-order valence-electron chi connectivity index (χ4n) is 1.94. The van der Waals surface area contributed by atoms with Crippen LogP contribution in [0.1, 0.15) is 34.1 Å². The highest BCUT2D eigenvalue weighted by atomic mass is 19.1. The molecule has 1 aliphatic rings. The lowest BCUT2D eigenvalue weighted by Crippen LogP contribution is -2.36. The van der Waals surface area contributed by atoms with Gasteiger partial charge in [0.25, 0.3) is 0 Å². The number of Topliss-reactive ketones (excluding diaryl/α,β-unsaturated/α-hetero) is 2. The molecule has 0 radical (unpaired) electrons. The van der Waals surface area contributed by atoms with Crippen molar-refractivity contribution < 1.29 is 14.0 Å². The first-order valence-corrected chi connectivity index (χ1v) is 4.70. The first-order valence-electron chi connectivity index (χ1n) is 4.70. The van der Waals surface area contributed by atoms with Crippen molar-refractivity contribution in [1.82, 2.24) is 0 Å². The molecule has 2 nitrogen and oxygen atoms in total. The quantitative estimate of drug-likeness (QED) is 0.647. The molecule has 14 heavy (non-hydrogen) atoms. The van der Waals surface area contributed by atoms with E-state index >= 15 is 0 Å². The SMILES string of the molecule is CC1=C(C(C)F)C(=O)CC(C)(C)C1=O. The summed E-state index contributed by atoms with van der Waals surface area (Å²) in [6, 6.07) is 0. The van der Waals surface area contributed by atoms with Crippen molar-refractivity contribution in [2.45, 2.75) is 40.3 Å². The van der Waals surface area contributed by atoms with E-state index in [1.165, 1.54) is 13.8 Å². The van der Waals surface area contributed by atoms with Crippen molar-refractivity contribution in [3.05, 3.63) is 11.1 Å². The van der Waals surface area contributed by atoms with Crippen LogP contribution in [0.5, 0.6) is 0 Å². The molecule has 3 heteroatoms. The van der Waals surface area contributed by atoms with E-state index in [9.17, 15) is 14.0 Å². The number of carbonyl (C=O) groups is 2. The van der Waals surface area contributed by atoms with Crippen molar-refractivity contribution in [2.24, 2.45) is 5.41 Å². The Bertz CT molecular complexity index is 324. The minimum atomic E-state index is -1.34. The first-order chi connectivity index (χ1) is 6.27. The third-order valence-electron chi connectivity index (χ3n) is 2.66. The van der Waals surface area contributed by atoms with Gasteiger partial charge in [0.2, 0.25) is 0 Å². The zero-order chi connectivity index (χ0) is 11.1. The standard InChI is InChI=1S/C11H15FO2/c1-6-9(7(2)12)8(13)5-11(3,4)10(6)14/h7H,5H2,1-4H3. The molecule has 1 unspecified atom stereocenters. The van der Waals surface area contributed by atoms with Gasteiger partial charge in [0.15, 0.2) is 11.6 Å². The van der Waals surface area contributed by atoms with E-state index in [0.717, 1.165) is 0 Å². The monoisotopic (exact) mass is 198 g/mol. The van der Waals surface area contributed by atoms with Gasteiger partial charge in [0.1, 0.15) is 6.17 Å². The van der Waals surface area contributed by atoms with Gasteiger partial charge in [-0.25, -0.2) is 4.39 Å². The molecule has 1 atom stereocenters. The van der Waals surface area contributed by atoms with Crippen molar-refractivity contribution >= 4 is 11.6 Å². The molecule has 0 aromatic heterocycles. The third-order valence-corrected chi connectivity index (χ3v) is 2.66. The lowest BCUT2D eigenvalue weighted by Gasteiger charge is -2.29. The zero-order valence-electron chi connectivity index (χ0n) is 8.98. The Morgan fingerprint density at radius 2 is 1.86 bits per heavy atom. The second kappa shape index (κ2) is 3.30. The van der Waals surface area contributed by atoms with Crippen molar-refractivity contribution in [1.29, 1.82) is 0 Å². The Morgan fingerprint density at radius 1 is 1.36 bits per heavy atom. The molecule has 0 N–H and O–H groups in total. The van der Waals surface area contributed by atoms with Crippen LogP contribution in [-0.4, -0.2) is 17.7 Å². The highest BCUT2D eigenvalue weighted by Gasteiger charge is 2.39. The van der Waals surface area contributed by atoms with Gasteiger partial charge in [0, 0.05) is 23.0 Å². The van der Waals surface area contributed by atoms with Crippen LogP contribution in [-0.2, 0) is 9.59 Å². The molecule has 0 amide bonds. The molecule has 0 spiro atoms. The average Bonchev–Trinajstić information content (AvgIpc) is 1.98. The van der Waals surface area contributed by atoms with E-state index in [-0.39, 0.29) is 23.6 Å². The molecule has 0 aromatic carbocycles. The van der Waals surface area contributed by atoms with Crippen LogP contribution in [0, 0.1) is 5.41 Å². The number of alkyl halides is 1. The van der Waals surface area contributed by atoms with Gasteiger partial charge in [-0.15, -0.1) is 0 Å². The van der Waals surface area contributed by atoms with Crippen LogP contribution in [0.4, 0.5) is 4.39 Å². The largest absolute Gasteiger partial charge is 0.294 e. The predicted molar refractivity (Wildman–Crippen MR) is 51.7 cm³/mol. The summed E-state index contributed by atoms with van der Waals surface area (Å²) in [6.07, 6.45) is -1.23. The second-order valence-electron chi connectivity index (χ2n) is 4.47. The lowest BCUT2D eigenvalue weighted by molar-refractivity contribution is -0.130. The van der Waals surface area contributed by atoms with E-state index in [4.69, 9.17) is 0 Å². The van der Waals surface area contributed by atoms with Crippen molar-refractivity contribution in [3.8, 4) is 0 Å². The Labute approximate surface area is 83.2 Å². The number of hydrogen-bond acceptors (Lipinski definition) is 2. The van der Waals surface area contributed by atoms with Gasteiger partial charge in [-0.1, -0.05) is 13.8 Å². The molecular formula is C11H15FO2. The molecule has 0 aliphatic heterocycles. The molecule has 78 valence electrons. The van der Waals surface area contributed by atoms with E-state index in [1.807, 2.05) is 0 Å². The van der Waals surface area contributed by atoms with Crippen LogP contribution in [0.2, 0.25) is 0 Å². The Kier molecular flexibility index (Phi) is 2.61. The minimum absolute atomic E-state index is 0.0642. The summed E-state index contributed by atoms with van der Waals surface area (Å²) in [5, 5.41) is 0. The number of ketones is 2. The van der Waals surface area contributed by atoms with Crippen LogP contribution >= 0.6 is 0 Å². The maximum absolute atomic E-state index is 13.1. The molecule has 0 aromatic rings. The second-order valence-corrected chi connectivity index (χ2v) is 4.47. The first kappa shape index (κ1) is 11.1. The molecule has 0 bridgehead atoms. The van der Waals surface area contributed by atoms with E-state index < -0.39 is 11.6 Å². The van der Waals surface area contributed by atoms with Crippen LogP contribution < -0.4 is 0 Å². The van der Waals surface area contributed by atoms with Crippen LogP contribution in [0.3, 0.4) is 0 Å². The lowest BCUT2D eigenvalue weighted by atomic mass is 9.72. The average molecular weight is 198 g/mol. The van der Waals surface area contributed by atoms with Crippen LogP contribution in [0.25, 0.3) is 0 Å². The smallest absolute Gasteiger partial charge is 0.165 e. The predicted octanol–water partition coefficient (Wildman–Crippen LogP) is 2.23. The van der Waals surface area contributed by atoms with Gasteiger partial charge in [-0.2, -0.15) is 0 Å².